The highest BCUT2D eigenvalue weighted by Crippen LogP contribution is 2.22. The molecule has 0 saturated carbocycles. The van der Waals surface area contributed by atoms with Crippen molar-refractivity contribution in [3.8, 4) is 0 Å². The number of nitrogens with one attached hydrogen (secondary N) is 1. The van der Waals surface area contributed by atoms with E-state index in [2.05, 4.69) is 10.3 Å². The zero-order chi connectivity index (χ0) is 11.3. The van der Waals surface area contributed by atoms with Crippen LogP contribution in [0.1, 0.15) is 5.56 Å². The minimum atomic E-state index is -1.03. The highest BCUT2D eigenvalue weighted by Gasteiger charge is 2.00. The molecule has 0 aliphatic rings. The van der Waals surface area contributed by atoms with E-state index in [0.717, 1.165) is 5.56 Å². The Hall–Kier alpha value is -0.810. The fourth-order valence-electron chi connectivity index (χ4n) is 0.897. The maximum absolute atomic E-state index is 10.1. The molecule has 15 heavy (non-hydrogen) atoms. The van der Waals surface area contributed by atoms with Crippen molar-refractivity contribution in [1.29, 1.82) is 0 Å². The standard InChI is InChI=1S/C9H9Cl2NO3/c10-7-2-1-6(3-8(7)11)4-12-15-5-9(13)14/h1-3,12H,4-5H2,(H,13,14). The first-order valence-electron chi connectivity index (χ1n) is 4.10. The maximum atomic E-state index is 10.1. The monoisotopic (exact) mass is 249 g/mol. The van der Waals surface area contributed by atoms with Gasteiger partial charge in [0.05, 0.1) is 10.0 Å². The van der Waals surface area contributed by atoms with Crippen LogP contribution in [-0.4, -0.2) is 17.7 Å². The van der Waals surface area contributed by atoms with Gasteiger partial charge >= 0.3 is 5.97 Å². The van der Waals surface area contributed by atoms with E-state index in [1.165, 1.54) is 0 Å². The quantitative estimate of drug-likeness (QED) is 0.620. The summed E-state index contributed by atoms with van der Waals surface area (Å²) in [5.41, 5.74) is 3.35. The number of hydrogen-bond donors (Lipinski definition) is 2. The SMILES string of the molecule is O=C(O)CONCc1ccc(Cl)c(Cl)c1. The number of carbonyl (C=O) groups is 1. The minimum Gasteiger partial charge on any atom is -0.479 e. The molecule has 0 aliphatic heterocycles. The van der Waals surface area contributed by atoms with Crippen LogP contribution >= 0.6 is 23.2 Å². The lowest BCUT2D eigenvalue weighted by Gasteiger charge is -2.04. The van der Waals surface area contributed by atoms with Gasteiger partial charge in [0.1, 0.15) is 0 Å². The fraction of sp³-hybridized carbons (Fsp3) is 0.222. The van der Waals surface area contributed by atoms with E-state index in [4.69, 9.17) is 28.3 Å². The predicted molar refractivity (Wildman–Crippen MR) is 56.9 cm³/mol. The number of halogens is 2. The van der Waals surface area contributed by atoms with Gasteiger partial charge in [-0.1, -0.05) is 29.3 Å². The molecule has 2 N–H and O–H groups in total. The summed E-state index contributed by atoms with van der Waals surface area (Å²) < 4.78 is 0. The lowest BCUT2D eigenvalue weighted by molar-refractivity contribution is -0.145. The van der Waals surface area contributed by atoms with E-state index in [9.17, 15) is 4.79 Å². The van der Waals surface area contributed by atoms with Crippen LogP contribution in [0.25, 0.3) is 0 Å². The molecule has 1 rings (SSSR count). The summed E-state index contributed by atoms with van der Waals surface area (Å²) in [4.78, 5) is 14.7. The summed E-state index contributed by atoms with van der Waals surface area (Å²) >= 11 is 11.5. The maximum Gasteiger partial charge on any atom is 0.331 e. The van der Waals surface area contributed by atoms with Gasteiger partial charge in [-0.15, -0.1) is 0 Å². The molecule has 0 spiro atoms. The first-order valence-corrected chi connectivity index (χ1v) is 4.85. The highest BCUT2D eigenvalue weighted by molar-refractivity contribution is 6.42. The molecule has 0 saturated heterocycles. The molecule has 4 nitrogen and oxygen atoms in total. The van der Waals surface area contributed by atoms with Crippen molar-refractivity contribution in [2.45, 2.75) is 6.54 Å². The average Bonchev–Trinajstić information content (AvgIpc) is 2.18. The number of carboxylic acid groups (broad SMARTS) is 1. The molecule has 6 heteroatoms. The molecule has 1 aromatic rings. The van der Waals surface area contributed by atoms with Gasteiger partial charge in [-0.25, -0.2) is 4.79 Å². The van der Waals surface area contributed by atoms with Crippen LogP contribution in [0.4, 0.5) is 0 Å². The lowest BCUT2D eigenvalue weighted by Crippen LogP contribution is -2.19. The molecule has 0 aromatic heterocycles. The number of aliphatic carboxylic acids is 1. The number of hydroxylamine groups is 1. The predicted octanol–water partition coefficient (Wildman–Crippen LogP) is 2.10. The molecule has 0 heterocycles. The van der Waals surface area contributed by atoms with Crippen molar-refractivity contribution in [3.63, 3.8) is 0 Å². The molecule has 0 unspecified atom stereocenters. The van der Waals surface area contributed by atoms with Crippen LogP contribution in [0.15, 0.2) is 18.2 Å². The van der Waals surface area contributed by atoms with Crippen LogP contribution < -0.4 is 5.48 Å². The van der Waals surface area contributed by atoms with Gasteiger partial charge in [-0.05, 0) is 17.7 Å². The first kappa shape index (κ1) is 12.3. The summed E-state index contributed by atoms with van der Waals surface area (Å²) in [5.74, 6) is -1.03. The van der Waals surface area contributed by atoms with Gasteiger partial charge in [-0.2, -0.15) is 5.48 Å². The van der Waals surface area contributed by atoms with Crippen molar-refractivity contribution < 1.29 is 14.7 Å². The summed E-state index contributed by atoms with van der Waals surface area (Å²) in [5, 5.41) is 9.22. The highest BCUT2D eigenvalue weighted by atomic mass is 35.5. The normalized spacial score (nSPS) is 10.3. The molecule has 0 atom stereocenters. The largest absolute Gasteiger partial charge is 0.479 e. The Balaban J connectivity index is 2.38. The Bertz CT molecular complexity index is 357. The Morgan fingerprint density at radius 2 is 2.13 bits per heavy atom. The van der Waals surface area contributed by atoms with Crippen LogP contribution in [-0.2, 0) is 16.2 Å². The van der Waals surface area contributed by atoms with E-state index < -0.39 is 5.97 Å². The molecule has 0 amide bonds. The van der Waals surface area contributed by atoms with Crippen molar-refractivity contribution in [2.24, 2.45) is 0 Å². The van der Waals surface area contributed by atoms with E-state index in [1.807, 2.05) is 0 Å². The third-order valence-electron chi connectivity index (χ3n) is 1.56. The van der Waals surface area contributed by atoms with Crippen molar-refractivity contribution in [1.82, 2.24) is 5.48 Å². The molecule has 0 radical (unpaired) electrons. The van der Waals surface area contributed by atoms with Gasteiger partial charge in [0.15, 0.2) is 6.61 Å². The molecular formula is C9H9Cl2NO3. The second kappa shape index (κ2) is 5.92. The van der Waals surface area contributed by atoms with E-state index in [1.54, 1.807) is 18.2 Å². The van der Waals surface area contributed by atoms with Crippen LogP contribution in [0, 0.1) is 0 Å². The molecular weight excluding hydrogens is 241 g/mol. The molecule has 0 fully saturated rings. The van der Waals surface area contributed by atoms with Gasteiger partial charge in [-0.3, -0.25) is 4.84 Å². The van der Waals surface area contributed by atoms with Gasteiger partial charge in [0.25, 0.3) is 0 Å². The average molecular weight is 250 g/mol. The smallest absolute Gasteiger partial charge is 0.331 e. The molecule has 0 bridgehead atoms. The second-order valence-corrected chi connectivity index (χ2v) is 3.57. The third kappa shape index (κ3) is 4.48. The van der Waals surface area contributed by atoms with Crippen molar-refractivity contribution >= 4 is 29.2 Å². The molecule has 1 aromatic carbocycles. The van der Waals surface area contributed by atoms with Crippen molar-refractivity contribution in [2.75, 3.05) is 6.61 Å². The van der Waals surface area contributed by atoms with Gasteiger partial charge in [0.2, 0.25) is 0 Å². The van der Waals surface area contributed by atoms with Crippen LogP contribution in [0.3, 0.4) is 0 Å². The first-order chi connectivity index (χ1) is 7.09. The zero-order valence-electron chi connectivity index (χ0n) is 7.67. The van der Waals surface area contributed by atoms with Gasteiger partial charge in [0, 0.05) is 6.54 Å². The van der Waals surface area contributed by atoms with E-state index >= 15 is 0 Å². The number of benzene rings is 1. The zero-order valence-corrected chi connectivity index (χ0v) is 9.18. The molecule has 82 valence electrons. The molecule has 0 aliphatic carbocycles. The topological polar surface area (TPSA) is 58.6 Å². The van der Waals surface area contributed by atoms with E-state index in [-0.39, 0.29) is 6.61 Å². The fourth-order valence-corrected chi connectivity index (χ4v) is 1.22. The minimum absolute atomic E-state index is 0.365. The summed E-state index contributed by atoms with van der Waals surface area (Å²) in [6.07, 6.45) is 0. The van der Waals surface area contributed by atoms with Crippen LogP contribution in [0.2, 0.25) is 10.0 Å². The Morgan fingerprint density at radius 3 is 2.73 bits per heavy atom. The van der Waals surface area contributed by atoms with E-state index in [0.29, 0.717) is 16.6 Å². The third-order valence-corrected chi connectivity index (χ3v) is 2.30. The summed E-state index contributed by atoms with van der Waals surface area (Å²) in [6.45, 7) is -0.0223. The second-order valence-electron chi connectivity index (χ2n) is 2.75. The Morgan fingerprint density at radius 1 is 1.40 bits per heavy atom. The Labute approximate surface area is 96.7 Å². The summed E-state index contributed by atoms with van der Waals surface area (Å²) in [7, 11) is 0. The number of hydrogen-bond acceptors (Lipinski definition) is 3. The lowest BCUT2D eigenvalue weighted by atomic mass is 10.2. The van der Waals surface area contributed by atoms with Gasteiger partial charge < -0.3 is 5.11 Å². The summed E-state index contributed by atoms with van der Waals surface area (Å²) in [6, 6.07) is 5.12. The number of carboxylic acids is 1. The number of rotatable bonds is 5. The Kier molecular flexibility index (Phi) is 4.84. The van der Waals surface area contributed by atoms with Crippen molar-refractivity contribution in [3.05, 3.63) is 33.8 Å². The van der Waals surface area contributed by atoms with Crippen LogP contribution in [0.5, 0.6) is 0 Å².